The molecule has 144 valence electrons. The van der Waals surface area contributed by atoms with Gasteiger partial charge in [-0.15, -0.1) is 0 Å². The largest absolute Gasteiger partial charge is 0.489 e. The van der Waals surface area contributed by atoms with E-state index in [0.29, 0.717) is 23.7 Å². The number of ether oxygens (including phenoxy) is 2. The molecule has 0 bridgehead atoms. The number of amides is 3. The zero-order chi connectivity index (χ0) is 19.8. The number of aromatic nitrogens is 1. The van der Waals surface area contributed by atoms with Crippen molar-refractivity contribution < 1.29 is 28.4 Å². The van der Waals surface area contributed by atoms with Crippen LogP contribution in [-0.4, -0.2) is 36.7 Å². The lowest BCUT2D eigenvalue weighted by Gasteiger charge is -2.08. The first-order valence-corrected chi connectivity index (χ1v) is 8.19. The standard InChI is InChI=1S/C18H21N3O6/c1-11-15(12(2)27-21-11)9-25-14-6-4-13(5-7-14)8-17(23)26-10-16(22)20-18(24)19-3/h4-7H,8-10H2,1-3H3,(H2,19,20,22,24). The molecule has 1 aromatic heterocycles. The summed E-state index contributed by atoms with van der Waals surface area (Å²) in [6.45, 7) is 3.48. The Kier molecular flexibility index (Phi) is 6.93. The first-order chi connectivity index (χ1) is 12.9. The third-order valence-corrected chi connectivity index (χ3v) is 3.68. The molecule has 0 radical (unpaired) electrons. The molecule has 2 rings (SSSR count). The van der Waals surface area contributed by atoms with Crippen molar-refractivity contribution in [2.24, 2.45) is 0 Å². The van der Waals surface area contributed by atoms with Crippen LogP contribution in [-0.2, 0) is 27.4 Å². The summed E-state index contributed by atoms with van der Waals surface area (Å²) < 4.78 is 15.6. The lowest BCUT2D eigenvalue weighted by Crippen LogP contribution is -2.39. The summed E-state index contributed by atoms with van der Waals surface area (Å²) in [7, 11) is 1.37. The average Bonchev–Trinajstić information content (AvgIpc) is 2.97. The SMILES string of the molecule is CNC(=O)NC(=O)COC(=O)Cc1ccc(OCc2c(C)noc2C)cc1. The van der Waals surface area contributed by atoms with Crippen molar-refractivity contribution in [1.82, 2.24) is 15.8 Å². The van der Waals surface area contributed by atoms with E-state index in [9.17, 15) is 14.4 Å². The normalized spacial score (nSPS) is 10.2. The van der Waals surface area contributed by atoms with E-state index in [-0.39, 0.29) is 6.42 Å². The van der Waals surface area contributed by atoms with Crippen LogP contribution in [0.2, 0.25) is 0 Å². The van der Waals surface area contributed by atoms with Crippen LogP contribution in [0, 0.1) is 13.8 Å². The Hall–Kier alpha value is -3.36. The quantitative estimate of drug-likeness (QED) is 0.702. The van der Waals surface area contributed by atoms with E-state index in [0.717, 1.165) is 11.3 Å². The molecule has 1 heterocycles. The van der Waals surface area contributed by atoms with Gasteiger partial charge < -0.3 is 19.3 Å². The highest BCUT2D eigenvalue weighted by Gasteiger charge is 2.12. The van der Waals surface area contributed by atoms with Gasteiger partial charge in [-0.3, -0.25) is 14.9 Å². The van der Waals surface area contributed by atoms with Gasteiger partial charge in [0.15, 0.2) is 6.61 Å². The molecule has 27 heavy (non-hydrogen) atoms. The number of carbonyl (C=O) groups excluding carboxylic acids is 3. The van der Waals surface area contributed by atoms with Gasteiger partial charge in [-0.25, -0.2) is 4.79 Å². The number of carbonyl (C=O) groups is 3. The predicted molar refractivity (Wildman–Crippen MR) is 94.0 cm³/mol. The van der Waals surface area contributed by atoms with Crippen LogP contribution in [0.15, 0.2) is 28.8 Å². The number of nitrogens with zero attached hydrogens (tertiary/aromatic N) is 1. The molecule has 0 saturated carbocycles. The molecular weight excluding hydrogens is 354 g/mol. The Morgan fingerprint density at radius 3 is 2.44 bits per heavy atom. The lowest BCUT2D eigenvalue weighted by molar-refractivity contribution is -0.147. The molecule has 3 amide bonds. The molecule has 0 aliphatic carbocycles. The fourth-order valence-electron chi connectivity index (χ4n) is 2.16. The molecule has 0 aliphatic heterocycles. The smallest absolute Gasteiger partial charge is 0.321 e. The Morgan fingerprint density at radius 1 is 1.15 bits per heavy atom. The molecule has 9 nitrogen and oxygen atoms in total. The van der Waals surface area contributed by atoms with E-state index >= 15 is 0 Å². The Labute approximate surface area is 156 Å². The minimum Gasteiger partial charge on any atom is -0.489 e. The molecule has 1 aromatic carbocycles. The molecule has 0 spiro atoms. The maximum atomic E-state index is 11.8. The van der Waals surface area contributed by atoms with Gasteiger partial charge in [-0.1, -0.05) is 17.3 Å². The second-order valence-corrected chi connectivity index (χ2v) is 5.70. The maximum absolute atomic E-state index is 11.8. The van der Waals surface area contributed by atoms with Crippen molar-refractivity contribution >= 4 is 17.9 Å². The van der Waals surface area contributed by atoms with Crippen LogP contribution in [0.1, 0.15) is 22.6 Å². The highest BCUT2D eigenvalue weighted by Crippen LogP contribution is 2.18. The van der Waals surface area contributed by atoms with Crippen LogP contribution in [0.4, 0.5) is 4.79 Å². The van der Waals surface area contributed by atoms with Gasteiger partial charge in [0.05, 0.1) is 17.7 Å². The van der Waals surface area contributed by atoms with Crippen molar-refractivity contribution in [1.29, 1.82) is 0 Å². The fraction of sp³-hybridized carbons (Fsp3) is 0.333. The topological polar surface area (TPSA) is 120 Å². The number of hydrogen-bond acceptors (Lipinski definition) is 7. The summed E-state index contributed by atoms with van der Waals surface area (Å²) in [4.78, 5) is 34.1. The van der Waals surface area contributed by atoms with Crippen molar-refractivity contribution in [3.63, 3.8) is 0 Å². The number of benzene rings is 1. The van der Waals surface area contributed by atoms with Crippen LogP contribution >= 0.6 is 0 Å². The molecule has 0 fully saturated rings. The monoisotopic (exact) mass is 375 g/mol. The maximum Gasteiger partial charge on any atom is 0.321 e. The van der Waals surface area contributed by atoms with Gasteiger partial charge in [0.1, 0.15) is 18.1 Å². The molecule has 0 saturated heterocycles. The minimum absolute atomic E-state index is 0.00258. The predicted octanol–water partition coefficient (Wildman–Crippen LogP) is 1.41. The Balaban J connectivity index is 1.78. The summed E-state index contributed by atoms with van der Waals surface area (Å²) in [5.41, 5.74) is 2.39. The number of hydrogen-bond donors (Lipinski definition) is 2. The second kappa shape index (κ2) is 9.37. The molecule has 0 aliphatic rings. The van der Waals surface area contributed by atoms with Gasteiger partial charge >= 0.3 is 12.0 Å². The summed E-state index contributed by atoms with van der Waals surface area (Å²) in [5, 5.41) is 8.09. The molecule has 9 heteroatoms. The van der Waals surface area contributed by atoms with Crippen molar-refractivity contribution in [3.8, 4) is 5.75 Å². The summed E-state index contributed by atoms with van der Waals surface area (Å²) >= 11 is 0. The highest BCUT2D eigenvalue weighted by molar-refractivity contribution is 5.95. The van der Waals surface area contributed by atoms with Crippen molar-refractivity contribution in [2.45, 2.75) is 26.9 Å². The molecule has 0 unspecified atom stereocenters. The van der Waals surface area contributed by atoms with Crippen LogP contribution in [0.5, 0.6) is 5.75 Å². The van der Waals surface area contributed by atoms with Crippen LogP contribution < -0.4 is 15.4 Å². The van der Waals surface area contributed by atoms with Gasteiger partial charge in [0.25, 0.3) is 5.91 Å². The van der Waals surface area contributed by atoms with E-state index in [1.165, 1.54) is 7.05 Å². The number of nitrogens with one attached hydrogen (secondary N) is 2. The van der Waals surface area contributed by atoms with Crippen LogP contribution in [0.3, 0.4) is 0 Å². The number of esters is 1. The number of aryl methyl sites for hydroxylation is 2. The van der Waals surface area contributed by atoms with E-state index in [4.69, 9.17) is 14.0 Å². The summed E-state index contributed by atoms with van der Waals surface area (Å²) in [6, 6.07) is 6.27. The Morgan fingerprint density at radius 2 is 1.85 bits per heavy atom. The van der Waals surface area contributed by atoms with Gasteiger partial charge in [-0.2, -0.15) is 0 Å². The third kappa shape index (κ3) is 6.14. The fourth-order valence-corrected chi connectivity index (χ4v) is 2.16. The van der Waals surface area contributed by atoms with E-state index in [1.807, 2.05) is 19.2 Å². The van der Waals surface area contributed by atoms with Crippen molar-refractivity contribution in [2.75, 3.05) is 13.7 Å². The van der Waals surface area contributed by atoms with E-state index < -0.39 is 24.5 Å². The number of urea groups is 1. The van der Waals surface area contributed by atoms with Gasteiger partial charge in [0.2, 0.25) is 0 Å². The average molecular weight is 375 g/mol. The van der Waals surface area contributed by atoms with E-state index in [2.05, 4.69) is 10.5 Å². The highest BCUT2D eigenvalue weighted by atomic mass is 16.5. The second-order valence-electron chi connectivity index (χ2n) is 5.70. The van der Waals surface area contributed by atoms with Crippen molar-refractivity contribution in [3.05, 3.63) is 46.8 Å². The molecule has 2 aromatic rings. The first-order valence-electron chi connectivity index (χ1n) is 8.19. The minimum atomic E-state index is -0.703. The summed E-state index contributed by atoms with van der Waals surface area (Å²) in [6.07, 6.45) is -0.00258. The zero-order valence-corrected chi connectivity index (χ0v) is 15.3. The molecular formula is C18H21N3O6. The number of rotatable bonds is 7. The lowest BCUT2D eigenvalue weighted by atomic mass is 10.1. The first kappa shape index (κ1) is 20.0. The van der Waals surface area contributed by atoms with Crippen LogP contribution in [0.25, 0.3) is 0 Å². The van der Waals surface area contributed by atoms with Gasteiger partial charge in [0, 0.05) is 7.05 Å². The number of imide groups is 1. The van der Waals surface area contributed by atoms with Gasteiger partial charge in [-0.05, 0) is 31.5 Å². The third-order valence-electron chi connectivity index (χ3n) is 3.68. The molecule has 0 atom stereocenters. The molecule has 2 N–H and O–H groups in total. The van der Waals surface area contributed by atoms with E-state index in [1.54, 1.807) is 24.3 Å². The zero-order valence-electron chi connectivity index (χ0n) is 15.3. The summed E-state index contributed by atoms with van der Waals surface area (Å²) in [5.74, 6) is 0.0709. The Bertz CT molecular complexity index is 794.